The number of urea groups is 1. The zero-order chi connectivity index (χ0) is 29.8. The number of aliphatic carboxylic acids is 1. The van der Waals surface area contributed by atoms with Gasteiger partial charge in [-0.25, -0.2) is 9.59 Å². The number of hydrogen-bond acceptors (Lipinski definition) is 4. The average Bonchev–Trinajstić information content (AvgIpc) is 3.38. The van der Waals surface area contributed by atoms with E-state index in [1.807, 2.05) is 0 Å². The number of likely N-dealkylation sites (tertiary alicyclic amines) is 1. The number of carbonyl (C=O) groups is 2. The molecule has 0 unspecified atom stereocenters. The topological polar surface area (TPSA) is 88.1 Å². The molecule has 41 heavy (non-hydrogen) atoms. The molecule has 218 valence electrons. The summed E-state index contributed by atoms with van der Waals surface area (Å²) in [5.41, 5.74) is -1.17. The Morgan fingerprint density at radius 3 is 1.85 bits per heavy atom. The largest absolute Gasteiger partial charge is 0.573 e. The van der Waals surface area contributed by atoms with Crippen molar-refractivity contribution >= 4 is 12.0 Å². The molecule has 1 heterocycles. The lowest BCUT2D eigenvalue weighted by molar-refractivity contribution is -0.275. The van der Waals surface area contributed by atoms with Gasteiger partial charge in [0.2, 0.25) is 0 Å². The van der Waals surface area contributed by atoms with Crippen molar-refractivity contribution in [2.75, 3.05) is 6.54 Å². The van der Waals surface area contributed by atoms with Crippen LogP contribution in [-0.2, 0) is 16.8 Å². The second kappa shape index (κ2) is 11.6. The summed E-state index contributed by atoms with van der Waals surface area (Å²) in [6.07, 6.45) is -9.67. The molecule has 2 N–H and O–H groups in total. The number of carboxylic acid groups (broad SMARTS) is 1. The highest BCUT2D eigenvalue weighted by atomic mass is 19.4. The van der Waals surface area contributed by atoms with E-state index >= 15 is 0 Å². The molecule has 7 nitrogen and oxygen atoms in total. The van der Waals surface area contributed by atoms with Gasteiger partial charge in [0.15, 0.2) is 0 Å². The summed E-state index contributed by atoms with van der Waals surface area (Å²) < 4.78 is 86.8. The predicted octanol–water partition coefficient (Wildman–Crippen LogP) is 6.23. The van der Waals surface area contributed by atoms with E-state index < -0.39 is 47.8 Å². The summed E-state index contributed by atoms with van der Waals surface area (Å²) in [5.74, 6) is -2.50. The Hall–Kier alpha value is -4.42. The Balaban J connectivity index is 1.92. The van der Waals surface area contributed by atoms with Crippen LogP contribution in [0.5, 0.6) is 11.5 Å². The number of hydrogen-bond donors (Lipinski definition) is 2. The molecule has 3 aromatic rings. The van der Waals surface area contributed by atoms with Crippen LogP contribution in [0.4, 0.5) is 31.1 Å². The van der Waals surface area contributed by atoms with E-state index in [1.54, 1.807) is 30.3 Å². The second-order valence-electron chi connectivity index (χ2n) is 9.34. The number of carboxylic acids is 1. The van der Waals surface area contributed by atoms with Crippen LogP contribution in [0, 0.1) is 0 Å². The number of benzene rings is 3. The highest BCUT2D eigenvalue weighted by molar-refractivity contribution is 5.84. The van der Waals surface area contributed by atoms with Crippen molar-refractivity contribution < 1.29 is 50.5 Å². The zero-order valence-electron chi connectivity index (χ0n) is 21.2. The van der Waals surface area contributed by atoms with Crippen LogP contribution in [0.1, 0.15) is 29.5 Å². The lowest BCUT2D eigenvalue weighted by atomic mass is 9.77. The van der Waals surface area contributed by atoms with Gasteiger partial charge < -0.3 is 24.8 Å². The third-order valence-corrected chi connectivity index (χ3v) is 6.55. The molecule has 0 bridgehead atoms. The molecule has 4 rings (SSSR count). The number of carbonyl (C=O) groups excluding carboxylic acids is 1. The molecule has 3 aromatic carbocycles. The van der Waals surface area contributed by atoms with Gasteiger partial charge in [-0.1, -0.05) is 54.6 Å². The fraction of sp³-hybridized carbons (Fsp3) is 0.286. The number of nitrogens with one attached hydrogen (secondary N) is 1. The van der Waals surface area contributed by atoms with E-state index in [-0.39, 0.29) is 30.5 Å². The number of rotatable bonds is 8. The maximum atomic E-state index is 13.7. The molecule has 0 saturated carbocycles. The summed E-state index contributed by atoms with van der Waals surface area (Å²) >= 11 is 0. The molecule has 1 aliphatic heterocycles. The van der Waals surface area contributed by atoms with Gasteiger partial charge in [0, 0.05) is 13.0 Å². The Bertz CT molecular complexity index is 1320. The van der Waals surface area contributed by atoms with E-state index in [0.29, 0.717) is 12.0 Å². The van der Waals surface area contributed by atoms with Gasteiger partial charge in [-0.3, -0.25) is 0 Å². The molecule has 1 fully saturated rings. The molecular formula is C28H24F6N2O5. The summed E-state index contributed by atoms with van der Waals surface area (Å²) in [7, 11) is 0. The Morgan fingerprint density at radius 2 is 1.37 bits per heavy atom. The fourth-order valence-corrected chi connectivity index (χ4v) is 4.90. The molecular weight excluding hydrogens is 558 g/mol. The highest BCUT2D eigenvalue weighted by Gasteiger charge is 2.42. The van der Waals surface area contributed by atoms with Crippen LogP contribution < -0.4 is 14.8 Å². The van der Waals surface area contributed by atoms with Crippen molar-refractivity contribution in [3.63, 3.8) is 0 Å². The molecule has 0 aliphatic carbocycles. The molecule has 1 aliphatic rings. The average molecular weight is 582 g/mol. The molecule has 0 spiro atoms. The van der Waals surface area contributed by atoms with E-state index in [1.165, 1.54) is 24.3 Å². The number of nitrogens with zero attached hydrogens (tertiary/aromatic N) is 1. The first kappa shape index (κ1) is 29.6. The van der Waals surface area contributed by atoms with Crippen molar-refractivity contribution in [2.24, 2.45) is 0 Å². The van der Waals surface area contributed by atoms with Gasteiger partial charge in [-0.05, 0) is 53.8 Å². The summed E-state index contributed by atoms with van der Waals surface area (Å²) in [6, 6.07) is 15.8. The first-order valence-corrected chi connectivity index (χ1v) is 12.3. The maximum absolute atomic E-state index is 13.7. The number of alkyl halides is 6. The van der Waals surface area contributed by atoms with E-state index in [4.69, 9.17) is 0 Å². The number of ether oxygens (including phenoxy) is 2. The Morgan fingerprint density at radius 1 is 0.829 bits per heavy atom. The van der Waals surface area contributed by atoms with Crippen molar-refractivity contribution in [3.05, 3.63) is 95.6 Å². The maximum Gasteiger partial charge on any atom is 0.573 e. The third kappa shape index (κ3) is 7.41. The normalized spacial score (nSPS) is 15.9. The lowest BCUT2D eigenvalue weighted by Crippen LogP contribution is -2.55. The third-order valence-electron chi connectivity index (χ3n) is 6.55. The summed E-state index contributed by atoms with van der Waals surface area (Å²) in [6.45, 7) is 0.0820. The minimum absolute atomic E-state index is 0.0340. The quantitative estimate of drug-likeness (QED) is 0.308. The standard InChI is InChI=1S/C28H24F6N2O5/c29-27(30,31)40-21-11-4-9-19(15-21)26(17-18-7-2-1-3-8-18,20-10-5-12-22(16-20)41-28(32,33)34)35-25(39)36-14-6-13-23(36)24(37)38/h1-5,7-12,15-16,23H,6,13-14,17H2,(H,35,39)(H,37,38)/t23-/m0/s1. The van der Waals surface area contributed by atoms with Crippen LogP contribution in [0.25, 0.3) is 0 Å². The first-order valence-electron chi connectivity index (χ1n) is 12.3. The zero-order valence-corrected chi connectivity index (χ0v) is 21.2. The van der Waals surface area contributed by atoms with Gasteiger partial charge in [0.25, 0.3) is 0 Å². The van der Waals surface area contributed by atoms with Crippen LogP contribution in [0.3, 0.4) is 0 Å². The van der Waals surface area contributed by atoms with Crippen molar-refractivity contribution in [1.82, 2.24) is 10.2 Å². The number of halogens is 6. The summed E-state index contributed by atoms with van der Waals surface area (Å²) in [4.78, 5) is 26.5. The van der Waals surface area contributed by atoms with Gasteiger partial charge in [-0.15, -0.1) is 26.3 Å². The number of amides is 2. The minimum Gasteiger partial charge on any atom is -0.480 e. The van der Waals surface area contributed by atoms with Crippen molar-refractivity contribution in [2.45, 2.75) is 43.6 Å². The lowest BCUT2D eigenvalue weighted by Gasteiger charge is -2.38. The fourth-order valence-electron chi connectivity index (χ4n) is 4.90. The predicted molar refractivity (Wildman–Crippen MR) is 133 cm³/mol. The molecule has 0 radical (unpaired) electrons. The molecule has 0 aromatic heterocycles. The van der Waals surface area contributed by atoms with Crippen LogP contribution in [-0.4, -0.2) is 47.3 Å². The van der Waals surface area contributed by atoms with Crippen molar-refractivity contribution in [1.29, 1.82) is 0 Å². The van der Waals surface area contributed by atoms with Crippen LogP contribution in [0.15, 0.2) is 78.9 Å². The van der Waals surface area contributed by atoms with Crippen molar-refractivity contribution in [3.8, 4) is 11.5 Å². The van der Waals surface area contributed by atoms with Gasteiger partial charge in [0.05, 0.1) is 5.54 Å². The molecule has 2 amide bonds. The second-order valence-corrected chi connectivity index (χ2v) is 9.34. The van der Waals surface area contributed by atoms with Crippen LogP contribution >= 0.6 is 0 Å². The van der Waals surface area contributed by atoms with E-state index in [0.717, 1.165) is 29.2 Å². The monoisotopic (exact) mass is 582 g/mol. The van der Waals surface area contributed by atoms with Gasteiger partial charge in [-0.2, -0.15) is 0 Å². The van der Waals surface area contributed by atoms with Gasteiger partial charge >= 0.3 is 24.7 Å². The van der Waals surface area contributed by atoms with Crippen LogP contribution in [0.2, 0.25) is 0 Å². The Labute approximate surface area is 230 Å². The molecule has 13 heteroatoms. The smallest absolute Gasteiger partial charge is 0.480 e. The van der Waals surface area contributed by atoms with E-state index in [2.05, 4.69) is 14.8 Å². The van der Waals surface area contributed by atoms with Gasteiger partial charge in [0.1, 0.15) is 17.5 Å². The minimum atomic E-state index is -5.05. The van der Waals surface area contributed by atoms with E-state index in [9.17, 15) is 41.0 Å². The summed E-state index contributed by atoms with van der Waals surface area (Å²) in [5, 5.41) is 12.4. The molecule has 1 saturated heterocycles. The molecule has 1 atom stereocenters. The Kier molecular flexibility index (Phi) is 8.36. The SMILES string of the molecule is O=C(O)[C@@H]1CCCN1C(=O)NC(Cc1ccccc1)(c1cccc(OC(F)(F)F)c1)c1cccc(OC(F)(F)F)c1. The first-order chi connectivity index (χ1) is 19.3. The highest BCUT2D eigenvalue weighted by Crippen LogP contribution is 2.39.